The summed E-state index contributed by atoms with van der Waals surface area (Å²) >= 11 is 0. The zero-order chi connectivity index (χ0) is 25.4. The molecule has 1 atom stereocenters. The van der Waals surface area contributed by atoms with Crippen molar-refractivity contribution < 1.29 is 27.8 Å². The first-order valence-electron chi connectivity index (χ1n) is 11.1. The molecule has 3 aromatic carbocycles. The minimum atomic E-state index is -5.06. The Labute approximate surface area is 200 Å². The highest BCUT2D eigenvalue weighted by molar-refractivity contribution is 6.01. The van der Waals surface area contributed by atoms with Crippen LogP contribution < -0.4 is 4.74 Å². The van der Waals surface area contributed by atoms with Gasteiger partial charge in [0, 0.05) is 24.1 Å². The number of methoxy groups -OCH3 is 1. The predicted molar refractivity (Wildman–Crippen MR) is 127 cm³/mol. The Morgan fingerprint density at radius 1 is 1.06 bits per heavy atom. The highest BCUT2D eigenvalue weighted by atomic mass is 19.4. The van der Waals surface area contributed by atoms with E-state index in [0.717, 1.165) is 11.1 Å². The number of halogens is 3. The molecule has 0 aliphatic carbocycles. The zero-order valence-electron chi connectivity index (χ0n) is 19.6. The van der Waals surface area contributed by atoms with Gasteiger partial charge in [-0.3, -0.25) is 4.79 Å². The summed E-state index contributed by atoms with van der Waals surface area (Å²) in [6.07, 6.45) is -4.94. The SMILES string of the molecule is CCn1c(C(O)(c2ccccc2)C(F)(F)F)nc2cc(C(=O)Cc3cccc(C)c3)cc(OC)c21. The van der Waals surface area contributed by atoms with Gasteiger partial charge in [0.2, 0.25) is 5.60 Å². The maximum atomic E-state index is 14.4. The number of imidazole rings is 1. The first-order chi connectivity index (χ1) is 16.6. The molecular formula is C27H25F3N2O3. The molecule has 0 radical (unpaired) electrons. The van der Waals surface area contributed by atoms with Crippen molar-refractivity contribution in [2.24, 2.45) is 0 Å². The van der Waals surface area contributed by atoms with Crippen LogP contribution in [0.1, 0.15) is 39.8 Å². The number of fused-ring (bicyclic) bond motifs is 1. The molecule has 1 heterocycles. The molecule has 0 aliphatic heterocycles. The topological polar surface area (TPSA) is 64.3 Å². The van der Waals surface area contributed by atoms with Gasteiger partial charge in [-0.05, 0) is 31.5 Å². The second-order valence-electron chi connectivity index (χ2n) is 8.39. The van der Waals surface area contributed by atoms with Crippen molar-refractivity contribution in [3.63, 3.8) is 0 Å². The molecule has 0 bridgehead atoms. The van der Waals surface area contributed by atoms with Crippen LogP contribution in [-0.4, -0.2) is 33.7 Å². The van der Waals surface area contributed by atoms with E-state index in [0.29, 0.717) is 0 Å². The number of aliphatic hydroxyl groups is 1. The average molecular weight is 483 g/mol. The van der Waals surface area contributed by atoms with Crippen LogP contribution in [0, 0.1) is 6.92 Å². The number of hydrogen-bond donors (Lipinski definition) is 1. The standard InChI is InChI=1S/C27H25F3N2O3/c1-4-32-24-21(31-25(32)26(34,27(28,29)30)20-11-6-5-7-12-20)15-19(16-23(24)35-3)22(33)14-18-10-8-9-17(2)13-18/h5-13,15-16,34H,4,14H2,1-3H3. The summed E-state index contributed by atoms with van der Waals surface area (Å²) in [4.78, 5) is 17.3. The lowest BCUT2D eigenvalue weighted by molar-refractivity contribution is -0.252. The second kappa shape index (κ2) is 9.19. The van der Waals surface area contributed by atoms with Crippen molar-refractivity contribution in [3.05, 3.63) is 94.8 Å². The molecule has 1 N–H and O–H groups in total. The number of hydrogen-bond acceptors (Lipinski definition) is 4. The minimum absolute atomic E-state index is 0.0873. The van der Waals surface area contributed by atoms with Crippen LogP contribution in [0.15, 0.2) is 66.7 Å². The maximum absolute atomic E-state index is 14.4. The van der Waals surface area contributed by atoms with Crippen molar-refractivity contribution >= 4 is 16.8 Å². The Bertz CT molecular complexity index is 1380. The highest BCUT2D eigenvalue weighted by Gasteiger charge is 2.59. The molecule has 0 aliphatic rings. The smallest absolute Gasteiger partial charge is 0.428 e. The largest absolute Gasteiger partial charge is 0.494 e. The van der Waals surface area contributed by atoms with E-state index in [9.17, 15) is 23.1 Å². The molecule has 35 heavy (non-hydrogen) atoms. The maximum Gasteiger partial charge on any atom is 0.428 e. The molecule has 0 fully saturated rings. The van der Waals surface area contributed by atoms with E-state index in [1.807, 2.05) is 31.2 Å². The lowest BCUT2D eigenvalue weighted by Crippen LogP contribution is -2.45. The third kappa shape index (κ3) is 4.30. The van der Waals surface area contributed by atoms with Crippen LogP contribution in [0.2, 0.25) is 0 Å². The summed E-state index contributed by atoms with van der Waals surface area (Å²) in [7, 11) is 1.38. The third-order valence-corrected chi connectivity index (χ3v) is 6.04. The van der Waals surface area contributed by atoms with E-state index in [1.165, 1.54) is 48.1 Å². The fourth-order valence-corrected chi connectivity index (χ4v) is 4.34. The molecule has 1 unspecified atom stereocenters. The lowest BCUT2D eigenvalue weighted by atomic mass is 9.92. The summed E-state index contributed by atoms with van der Waals surface area (Å²) in [6, 6.07) is 17.3. The van der Waals surface area contributed by atoms with Gasteiger partial charge in [-0.15, -0.1) is 0 Å². The van der Waals surface area contributed by atoms with Gasteiger partial charge in [0.15, 0.2) is 11.6 Å². The molecule has 8 heteroatoms. The molecule has 0 amide bonds. The average Bonchev–Trinajstić information content (AvgIpc) is 3.21. The van der Waals surface area contributed by atoms with Crippen molar-refractivity contribution in [3.8, 4) is 5.75 Å². The van der Waals surface area contributed by atoms with Crippen molar-refractivity contribution in [1.82, 2.24) is 9.55 Å². The summed E-state index contributed by atoms with van der Waals surface area (Å²) in [6.45, 7) is 3.67. The number of Topliss-reactive ketones (excluding diaryl/α,β-unsaturated/α-hetero) is 1. The first-order valence-corrected chi connectivity index (χ1v) is 11.1. The van der Waals surface area contributed by atoms with E-state index in [-0.39, 0.29) is 46.7 Å². The van der Waals surface area contributed by atoms with Gasteiger partial charge in [0.25, 0.3) is 0 Å². The van der Waals surface area contributed by atoms with Crippen LogP contribution >= 0.6 is 0 Å². The van der Waals surface area contributed by atoms with Crippen LogP contribution in [0.5, 0.6) is 5.75 Å². The fourth-order valence-electron chi connectivity index (χ4n) is 4.34. The molecule has 0 saturated heterocycles. The van der Waals surface area contributed by atoms with Crippen LogP contribution in [0.25, 0.3) is 11.0 Å². The Kier molecular flexibility index (Phi) is 6.42. The van der Waals surface area contributed by atoms with Gasteiger partial charge in [-0.1, -0.05) is 60.2 Å². The molecule has 4 aromatic rings. The predicted octanol–water partition coefficient (Wildman–Crippen LogP) is 5.60. The number of carbonyl (C=O) groups is 1. The van der Waals surface area contributed by atoms with E-state index in [1.54, 1.807) is 13.0 Å². The van der Waals surface area contributed by atoms with Gasteiger partial charge in [-0.2, -0.15) is 13.2 Å². The van der Waals surface area contributed by atoms with Gasteiger partial charge in [0.05, 0.1) is 12.6 Å². The van der Waals surface area contributed by atoms with Crippen molar-refractivity contribution in [2.45, 2.75) is 38.6 Å². The molecular weight excluding hydrogens is 457 g/mol. The van der Waals surface area contributed by atoms with Crippen LogP contribution in [0.4, 0.5) is 13.2 Å². The van der Waals surface area contributed by atoms with E-state index in [4.69, 9.17) is 4.74 Å². The third-order valence-electron chi connectivity index (χ3n) is 6.04. The first kappa shape index (κ1) is 24.5. The van der Waals surface area contributed by atoms with Crippen molar-refractivity contribution in [1.29, 1.82) is 0 Å². The van der Waals surface area contributed by atoms with Gasteiger partial charge >= 0.3 is 6.18 Å². The molecule has 5 nitrogen and oxygen atoms in total. The molecule has 0 spiro atoms. The Hall–Kier alpha value is -3.65. The van der Waals surface area contributed by atoms with Gasteiger partial charge in [0.1, 0.15) is 11.3 Å². The summed E-state index contributed by atoms with van der Waals surface area (Å²) in [5, 5.41) is 11.2. The zero-order valence-corrected chi connectivity index (χ0v) is 19.6. The highest BCUT2D eigenvalue weighted by Crippen LogP contribution is 2.45. The molecule has 4 rings (SSSR count). The normalized spacial score (nSPS) is 13.6. The minimum Gasteiger partial charge on any atom is -0.494 e. The number of carbonyl (C=O) groups excluding carboxylic acids is 1. The van der Waals surface area contributed by atoms with Crippen LogP contribution in [0.3, 0.4) is 0 Å². The van der Waals surface area contributed by atoms with E-state index >= 15 is 0 Å². The lowest BCUT2D eigenvalue weighted by Gasteiger charge is -2.30. The fraction of sp³-hybridized carbons (Fsp3) is 0.259. The summed E-state index contributed by atoms with van der Waals surface area (Å²) in [5.41, 5.74) is -1.21. The molecule has 1 aromatic heterocycles. The quantitative estimate of drug-likeness (QED) is 0.349. The van der Waals surface area contributed by atoms with Gasteiger partial charge < -0.3 is 14.4 Å². The van der Waals surface area contributed by atoms with E-state index < -0.39 is 17.6 Å². The molecule has 182 valence electrons. The Morgan fingerprint density at radius 2 is 1.77 bits per heavy atom. The summed E-state index contributed by atoms with van der Waals surface area (Å²) < 4.78 is 49.9. The number of ether oxygens (including phenoxy) is 1. The Morgan fingerprint density at radius 3 is 2.37 bits per heavy atom. The number of ketones is 1. The number of alkyl halides is 3. The van der Waals surface area contributed by atoms with Crippen LogP contribution in [-0.2, 0) is 18.6 Å². The number of aryl methyl sites for hydroxylation is 2. The number of rotatable bonds is 7. The number of aromatic nitrogens is 2. The Balaban J connectivity index is 1.90. The monoisotopic (exact) mass is 482 g/mol. The molecule has 0 saturated carbocycles. The number of benzene rings is 3. The summed E-state index contributed by atoms with van der Waals surface area (Å²) in [5.74, 6) is -0.610. The van der Waals surface area contributed by atoms with E-state index in [2.05, 4.69) is 4.98 Å². The number of nitrogens with zero attached hydrogens (tertiary/aromatic N) is 2. The van der Waals surface area contributed by atoms with Crippen molar-refractivity contribution in [2.75, 3.05) is 7.11 Å². The van der Waals surface area contributed by atoms with Gasteiger partial charge in [-0.25, -0.2) is 4.98 Å². The second-order valence-corrected chi connectivity index (χ2v) is 8.39.